The summed E-state index contributed by atoms with van der Waals surface area (Å²) in [7, 11) is 0. The van der Waals surface area contributed by atoms with Gasteiger partial charge >= 0.3 is 0 Å². The quantitative estimate of drug-likeness (QED) is 0.513. The van der Waals surface area contributed by atoms with Gasteiger partial charge in [0.1, 0.15) is 0 Å². The zero-order valence-electron chi connectivity index (χ0n) is 5.97. The van der Waals surface area contributed by atoms with Crippen molar-refractivity contribution in [3.05, 3.63) is 0 Å². The van der Waals surface area contributed by atoms with Crippen LogP contribution < -0.4 is 0 Å². The van der Waals surface area contributed by atoms with Gasteiger partial charge < -0.3 is 4.99 Å². The van der Waals surface area contributed by atoms with Crippen LogP contribution in [0, 0.1) is 5.92 Å². The molecule has 1 fully saturated rings. The van der Waals surface area contributed by atoms with Gasteiger partial charge in [-0.2, -0.15) is 0 Å². The summed E-state index contributed by atoms with van der Waals surface area (Å²) in [6, 6.07) is 0. The molecular weight excluding hydrogens is 110 g/mol. The summed E-state index contributed by atoms with van der Waals surface area (Å²) in [6.07, 6.45) is 7.05. The van der Waals surface area contributed by atoms with Crippen LogP contribution in [0.15, 0.2) is 4.99 Å². The van der Waals surface area contributed by atoms with Gasteiger partial charge in [-0.15, -0.1) is 0 Å². The Morgan fingerprint density at radius 1 is 1.33 bits per heavy atom. The SMILES string of the molecule is C=NCCC1CCCC1. The van der Waals surface area contributed by atoms with Gasteiger partial charge in [-0.05, 0) is 19.1 Å². The van der Waals surface area contributed by atoms with E-state index < -0.39 is 0 Å². The minimum Gasteiger partial charge on any atom is -0.301 e. The molecular formula is C8H15N. The van der Waals surface area contributed by atoms with E-state index in [1.165, 1.54) is 32.1 Å². The zero-order valence-corrected chi connectivity index (χ0v) is 5.97. The van der Waals surface area contributed by atoms with E-state index in [1.54, 1.807) is 0 Å². The van der Waals surface area contributed by atoms with E-state index in [0.717, 1.165) is 12.5 Å². The summed E-state index contributed by atoms with van der Waals surface area (Å²) in [6.45, 7) is 4.45. The lowest BCUT2D eigenvalue weighted by atomic mass is 10.1. The van der Waals surface area contributed by atoms with Crippen LogP contribution in [-0.4, -0.2) is 13.3 Å². The smallest absolute Gasteiger partial charge is 0.0384 e. The first-order valence-corrected chi connectivity index (χ1v) is 3.86. The molecule has 0 unspecified atom stereocenters. The molecule has 0 atom stereocenters. The van der Waals surface area contributed by atoms with Gasteiger partial charge in [-0.1, -0.05) is 25.7 Å². The number of hydrogen-bond acceptors (Lipinski definition) is 1. The van der Waals surface area contributed by atoms with Crippen LogP contribution in [0.25, 0.3) is 0 Å². The van der Waals surface area contributed by atoms with E-state index in [0.29, 0.717) is 0 Å². The molecule has 0 heterocycles. The fraction of sp³-hybridized carbons (Fsp3) is 0.875. The first-order valence-electron chi connectivity index (χ1n) is 3.86. The predicted octanol–water partition coefficient (Wildman–Crippen LogP) is 2.27. The number of nitrogens with zero attached hydrogens (tertiary/aromatic N) is 1. The fourth-order valence-corrected chi connectivity index (χ4v) is 1.57. The molecule has 0 aromatic carbocycles. The number of aliphatic imine (C=N–C) groups is 1. The Hall–Kier alpha value is -0.330. The second-order valence-electron chi connectivity index (χ2n) is 2.89. The molecule has 1 saturated carbocycles. The highest BCUT2D eigenvalue weighted by atomic mass is 14.7. The van der Waals surface area contributed by atoms with Crippen molar-refractivity contribution >= 4 is 6.72 Å². The molecule has 1 aliphatic carbocycles. The Morgan fingerprint density at radius 2 is 2.00 bits per heavy atom. The van der Waals surface area contributed by atoms with Crippen molar-refractivity contribution in [3.63, 3.8) is 0 Å². The summed E-state index contributed by atoms with van der Waals surface area (Å²) in [5, 5.41) is 0. The van der Waals surface area contributed by atoms with Crippen LogP contribution in [0.4, 0.5) is 0 Å². The van der Waals surface area contributed by atoms with Crippen molar-refractivity contribution in [3.8, 4) is 0 Å². The van der Waals surface area contributed by atoms with Crippen LogP contribution in [0.5, 0.6) is 0 Å². The van der Waals surface area contributed by atoms with Crippen LogP contribution in [-0.2, 0) is 0 Å². The third-order valence-electron chi connectivity index (χ3n) is 2.17. The molecule has 0 N–H and O–H groups in total. The van der Waals surface area contributed by atoms with Gasteiger partial charge in [0.25, 0.3) is 0 Å². The lowest BCUT2D eigenvalue weighted by Gasteiger charge is -2.03. The second kappa shape index (κ2) is 3.65. The summed E-state index contributed by atoms with van der Waals surface area (Å²) in [4.78, 5) is 3.85. The summed E-state index contributed by atoms with van der Waals surface area (Å²) < 4.78 is 0. The van der Waals surface area contributed by atoms with Crippen LogP contribution >= 0.6 is 0 Å². The van der Waals surface area contributed by atoms with E-state index in [4.69, 9.17) is 0 Å². The van der Waals surface area contributed by atoms with Crippen LogP contribution in [0.1, 0.15) is 32.1 Å². The minimum absolute atomic E-state index is 0.977. The van der Waals surface area contributed by atoms with E-state index in [2.05, 4.69) is 11.7 Å². The largest absolute Gasteiger partial charge is 0.301 e. The highest BCUT2D eigenvalue weighted by molar-refractivity contribution is 5.23. The van der Waals surface area contributed by atoms with E-state index >= 15 is 0 Å². The van der Waals surface area contributed by atoms with Crippen molar-refractivity contribution in [1.29, 1.82) is 0 Å². The lowest BCUT2D eigenvalue weighted by Crippen LogP contribution is -1.94. The van der Waals surface area contributed by atoms with Crippen LogP contribution in [0.3, 0.4) is 0 Å². The molecule has 9 heavy (non-hydrogen) atoms. The Morgan fingerprint density at radius 3 is 2.56 bits per heavy atom. The highest BCUT2D eigenvalue weighted by Gasteiger charge is 2.13. The standard InChI is InChI=1S/C8H15N/c1-9-7-6-8-4-2-3-5-8/h8H,1-7H2. The molecule has 0 aromatic heterocycles. The van der Waals surface area contributed by atoms with Crippen molar-refractivity contribution in [1.82, 2.24) is 0 Å². The average molecular weight is 125 g/mol. The van der Waals surface area contributed by atoms with E-state index in [1.807, 2.05) is 0 Å². The van der Waals surface area contributed by atoms with Crippen molar-refractivity contribution < 1.29 is 0 Å². The van der Waals surface area contributed by atoms with Gasteiger partial charge in [0.15, 0.2) is 0 Å². The van der Waals surface area contributed by atoms with Gasteiger partial charge in [0, 0.05) is 6.54 Å². The molecule has 0 amide bonds. The second-order valence-corrected chi connectivity index (χ2v) is 2.89. The maximum absolute atomic E-state index is 3.85. The Balaban J connectivity index is 2.04. The van der Waals surface area contributed by atoms with Crippen molar-refractivity contribution in [2.75, 3.05) is 6.54 Å². The molecule has 52 valence electrons. The van der Waals surface area contributed by atoms with E-state index in [9.17, 15) is 0 Å². The third-order valence-corrected chi connectivity index (χ3v) is 2.17. The Labute approximate surface area is 57.2 Å². The van der Waals surface area contributed by atoms with Gasteiger partial charge in [-0.3, -0.25) is 0 Å². The molecule has 0 radical (unpaired) electrons. The van der Waals surface area contributed by atoms with E-state index in [-0.39, 0.29) is 0 Å². The molecule has 1 nitrogen and oxygen atoms in total. The topological polar surface area (TPSA) is 12.4 Å². The molecule has 0 aromatic rings. The average Bonchev–Trinajstić information content (AvgIpc) is 2.34. The summed E-state index contributed by atoms with van der Waals surface area (Å²) in [5.74, 6) is 0.982. The molecule has 1 heteroatoms. The summed E-state index contributed by atoms with van der Waals surface area (Å²) in [5.41, 5.74) is 0. The van der Waals surface area contributed by atoms with Gasteiger partial charge in [-0.25, -0.2) is 0 Å². The zero-order chi connectivity index (χ0) is 6.53. The minimum atomic E-state index is 0.977. The molecule has 1 aliphatic rings. The Bertz CT molecular complexity index is 82.6. The van der Waals surface area contributed by atoms with Gasteiger partial charge in [0.2, 0.25) is 0 Å². The molecule has 1 rings (SSSR count). The number of rotatable bonds is 3. The maximum Gasteiger partial charge on any atom is 0.0384 e. The van der Waals surface area contributed by atoms with Gasteiger partial charge in [0.05, 0.1) is 0 Å². The maximum atomic E-state index is 3.85. The first-order chi connectivity index (χ1) is 4.43. The fourth-order valence-electron chi connectivity index (χ4n) is 1.57. The molecule has 0 spiro atoms. The normalized spacial score (nSPS) is 20.4. The third kappa shape index (κ3) is 2.17. The van der Waals surface area contributed by atoms with Crippen molar-refractivity contribution in [2.24, 2.45) is 10.9 Å². The van der Waals surface area contributed by atoms with Crippen molar-refractivity contribution in [2.45, 2.75) is 32.1 Å². The molecule has 0 bridgehead atoms. The predicted molar refractivity (Wildman–Crippen MR) is 41.0 cm³/mol. The molecule has 0 aliphatic heterocycles. The monoisotopic (exact) mass is 125 g/mol. The summed E-state index contributed by atoms with van der Waals surface area (Å²) >= 11 is 0. The highest BCUT2D eigenvalue weighted by Crippen LogP contribution is 2.27. The first kappa shape index (κ1) is 6.79. The molecule has 0 saturated heterocycles. The number of hydrogen-bond donors (Lipinski definition) is 0. The lowest BCUT2D eigenvalue weighted by molar-refractivity contribution is 0.512. The van der Waals surface area contributed by atoms with Crippen LogP contribution in [0.2, 0.25) is 0 Å². The Kier molecular flexibility index (Phi) is 2.75.